The molecule has 350 valence electrons. The first kappa shape index (κ1) is 48.7. The highest BCUT2D eigenvalue weighted by Gasteiger charge is 2.46. The molecule has 0 radical (unpaired) electrons. The molecule has 0 atom stereocenters. The van der Waals surface area contributed by atoms with Crippen LogP contribution in [0.2, 0.25) is 0 Å². The quantitative estimate of drug-likeness (QED) is 0.0894. The Morgan fingerprint density at radius 3 is 0.682 bits per heavy atom. The first-order valence-corrected chi connectivity index (χ1v) is 17.1. The lowest BCUT2D eigenvalue weighted by Gasteiger charge is -2.29. The highest BCUT2D eigenvalue weighted by atomic mass is 19.4. The van der Waals surface area contributed by atoms with Crippen molar-refractivity contribution in [3.63, 3.8) is 0 Å². The van der Waals surface area contributed by atoms with Crippen LogP contribution in [0.25, 0.3) is 11.1 Å². The Labute approximate surface area is 350 Å². The molecule has 0 fully saturated rings. The molecule has 66 heavy (non-hydrogen) atoms. The van der Waals surface area contributed by atoms with Crippen molar-refractivity contribution in [2.45, 2.75) is 26.2 Å². The number of benzene rings is 6. The number of alkyl halides is 6. The van der Waals surface area contributed by atoms with Crippen LogP contribution in [0.4, 0.5) is 139 Å². The maximum absolute atomic E-state index is 15.4. The first-order valence-electron chi connectivity index (χ1n) is 17.1. The zero-order valence-corrected chi connectivity index (χ0v) is 31.4. The molecule has 0 bridgehead atoms. The summed E-state index contributed by atoms with van der Waals surface area (Å²) in [7, 11) is 0. The summed E-state index contributed by atoms with van der Waals surface area (Å²) in [5.41, 5.74) is -20.4. The van der Waals surface area contributed by atoms with Gasteiger partial charge in [0.25, 0.3) is 0 Å². The molecular weight excluding hydrogens is 964 g/mol. The summed E-state index contributed by atoms with van der Waals surface area (Å²) < 4.78 is 348. The van der Waals surface area contributed by atoms with E-state index in [0.29, 0.717) is 36.4 Å². The maximum atomic E-state index is 15.4. The van der Waals surface area contributed by atoms with E-state index in [0.717, 1.165) is 13.8 Å². The lowest BCUT2D eigenvalue weighted by molar-refractivity contribution is -0.144. The normalized spacial score (nSPS) is 12.1. The molecule has 0 amide bonds. The van der Waals surface area contributed by atoms with Crippen LogP contribution >= 0.6 is 0 Å². The number of anilines is 6. The van der Waals surface area contributed by atoms with Crippen molar-refractivity contribution in [1.82, 2.24) is 0 Å². The van der Waals surface area contributed by atoms with Crippen LogP contribution in [0.5, 0.6) is 0 Å². The molecule has 0 unspecified atom stereocenters. The van der Waals surface area contributed by atoms with Crippen molar-refractivity contribution >= 4 is 34.1 Å². The number of rotatable bonds is 7. The van der Waals surface area contributed by atoms with Crippen LogP contribution in [0, 0.1) is 119 Å². The fourth-order valence-corrected chi connectivity index (χ4v) is 6.63. The molecule has 6 aromatic rings. The van der Waals surface area contributed by atoms with Crippen LogP contribution in [-0.4, -0.2) is 0 Å². The number of nitrogens with zero attached hydrogens (tertiary/aromatic N) is 2. The molecule has 0 heterocycles. The predicted octanol–water partition coefficient (Wildman–Crippen LogP) is 15.5. The molecule has 0 saturated heterocycles. The highest BCUT2D eigenvalue weighted by Crippen LogP contribution is 2.50. The van der Waals surface area contributed by atoms with E-state index in [1.54, 1.807) is 0 Å². The van der Waals surface area contributed by atoms with E-state index >= 15 is 35.1 Å². The maximum Gasteiger partial charge on any atom is 0.422 e. The summed E-state index contributed by atoms with van der Waals surface area (Å²) in [4.78, 5) is -1.49. The van der Waals surface area contributed by atoms with Crippen LogP contribution in [0.3, 0.4) is 0 Å². The van der Waals surface area contributed by atoms with Gasteiger partial charge in [-0.1, -0.05) is 12.1 Å². The fraction of sp³-hybridized carbons (Fsp3) is 0.100. The molecule has 2 nitrogen and oxygen atoms in total. The van der Waals surface area contributed by atoms with Gasteiger partial charge >= 0.3 is 12.4 Å². The SMILES string of the molecule is Cc1cc(N(c2c(F)c(F)c(F)c(F)c2F)c2c(F)c(F)c(C(F)(F)F)c(F)c2F)ccc1-c1ccc(N(c2c(F)c(F)c(F)c(F)c2F)c2c(F)c(F)c(C(F)(F)F)c(F)c2F)cc1C. The van der Waals surface area contributed by atoms with E-state index in [9.17, 15) is 70.2 Å². The van der Waals surface area contributed by atoms with E-state index in [1.165, 1.54) is 0 Å². The summed E-state index contributed by atoms with van der Waals surface area (Å²) in [6.45, 7) is 1.87. The Morgan fingerprint density at radius 2 is 0.485 bits per heavy atom. The van der Waals surface area contributed by atoms with Gasteiger partial charge in [0.2, 0.25) is 11.6 Å². The molecule has 0 aromatic heterocycles. The minimum absolute atomic E-state index is 0.322. The second kappa shape index (κ2) is 16.6. The summed E-state index contributed by atoms with van der Waals surface area (Å²) in [5.74, 6) is -54.6. The van der Waals surface area contributed by atoms with Crippen molar-refractivity contribution in [3.05, 3.63) is 163 Å². The van der Waals surface area contributed by atoms with Gasteiger partial charge in [0.15, 0.2) is 93.1 Å². The standard InChI is InChI=1S/C40H12F24N2/c1-9-7-11(65(37-31(55)23(47)21(45)24(48)32(37)56)35-27(51)17(41)15(39(59,60)61)18(42)28(35)52)3-5-13(9)14-6-4-12(8-10(14)2)66(38-33(57)25(49)22(46)26(50)34(38)58)36-29(53)19(43)16(40(62,63)64)20(44)30(36)54/h3-8H,1-2H3. The van der Waals surface area contributed by atoms with E-state index in [1.807, 2.05) is 0 Å². The lowest BCUT2D eigenvalue weighted by Crippen LogP contribution is -2.23. The Kier molecular flexibility index (Phi) is 12.2. The smallest absolute Gasteiger partial charge is 0.300 e. The second-order valence-electron chi connectivity index (χ2n) is 13.5. The van der Waals surface area contributed by atoms with Crippen molar-refractivity contribution in [2.75, 3.05) is 9.80 Å². The van der Waals surface area contributed by atoms with Crippen molar-refractivity contribution in [2.24, 2.45) is 0 Å². The molecular formula is C40H12F24N2. The van der Waals surface area contributed by atoms with Gasteiger partial charge in [0.05, 0.1) is 0 Å². The summed E-state index contributed by atoms with van der Waals surface area (Å²) >= 11 is 0. The van der Waals surface area contributed by atoms with Crippen molar-refractivity contribution in [1.29, 1.82) is 0 Å². The van der Waals surface area contributed by atoms with E-state index in [-0.39, 0.29) is 11.1 Å². The van der Waals surface area contributed by atoms with Gasteiger partial charge in [-0.2, -0.15) is 26.3 Å². The molecule has 26 heteroatoms. The minimum Gasteiger partial charge on any atom is -0.300 e. The summed E-state index contributed by atoms with van der Waals surface area (Å²) in [6, 6.07) is 3.15. The average Bonchev–Trinajstić information content (AvgIpc) is 3.23. The van der Waals surface area contributed by atoms with E-state index in [2.05, 4.69) is 0 Å². The number of aryl methyl sites for hydroxylation is 2. The molecule has 0 aliphatic carbocycles. The van der Waals surface area contributed by atoms with Crippen LogP contribution in [-0.2, 0) is 12.4 Å². The van der Waals surface area contributed by atoms with E-state index < -0.39 is 183 Å². The third-order valence-corrected chi connectivity index (χ3v) is 9.54. The van der Waals surface area contributed by atoms with Gasteiger partial charge in [-0.05, 0) is 60.4 Å². The first-order chi connectivity index (χ1) is 30.4. The van der Waals surface area contributed by atoms with Crippen molar-refractivity contribution in [3.8, 4) is 11.1 Å². The fourth-order valence-electron chi connectivity index (χ4n) is 6.63. The number of hydrogen-bond donors (Lipinski definition) is 0. The lowest BCUT2D eigenvalue weighted by atomic mass is 9.95. The van der Waals surface area contributed by atoms with Gasteiger partial charge in [-0.15, -0.1) is 0 Å². The largest absolute Gasteiger partial charge is 0.422 e. The van der Waals surface area contributed by atoms with Gasteiger partial charge in [0.1, 0.15) is 33.9 Å². The van der Waals surface area contributed by atoms with E-state index in [4.69, 9.17) is 0 Å². The topological polar surface area (TPSA) is 6.48 Å². The van der Waals surface area contributed by atoms with Gasteiger partial charge in [-0.25, -0.2) is 79.0 Å². The molecule has 0 spiro atoms. The monoisotopic (exact) mass is 976 g/mol. The Hall–Kier alpha value is -6.76. The third-order valence-electron chi connectivity index (χ3n) is 9.54. The molecule has 0 N–H and O–H groups in total. The molecule has 0 aliphatic heterocycles. The van der Waals surface area contributed by atoms with Crippen LogP contribution < -0.4 is 9.80 Å². The minimum atomic E-state index is -6.20. The van der Waals surface area contributed by atoms with Crippen LogP contribution in [0.15, 0.2) is 36.4 Å². The zero-order chi connectivity index (χ0) is 49.7. The Balaban J connectivity index is 1.61. The number of halogens is 24. The summed E-state index contributed by atoms with van der Waals surface area (Å²) in [6.07, 6.45) is -12.4. The van der Waals surface area contributed by atoms with Crippen LogP contribution in [0.1, 0.15) is 22.3 Å². The zero-order valence-electron chi connectivity index (χ0n) is 31.4. The number of hydrogen-bond acceptors (Lipinski definition) is 2. The molecule has 6 aromatic carbocycles. The van der Waals surface area contributed by atoms with Gasteiger partial charge < -0.3 is 0 Å². The third kappa shape index (κ3) is 7.51. The highest BCUT2D eigenvalue weighted by molar-refractivity contribution is 5.84. The average molecular weight is 977 g/mol. The predicted molar refractivity (Wildman–Crippen MR) is 180 cm³/mol. The molecule has 6 rings (SSSR count). The summed E-state index contributed by atoms with van der Waals surface area (Å²) in [5, 5.41) is 0. The second-order valence-corrected chi connectivity index (χ2v) is 13.5. The molecule has 0 aliphatic rings. The van der Waals surface area contributed by atoms with Gasteiger partial charge in [0, 0.05) is 11.4 Å². The Morgan fingerprint density at radius 1 is 0.288 bits per heavy atom. The van der Waals surface area contributed by atoms with Gasteiger partial charge in [-0.3, -0.25) is 9.80 Å². The molecule has 0 saturated carbocycles. The Bertz CT molecular complexity index is 2710. The van der Waals surface area contributed by atoms with Crippen molar-refractivity contribution < 1.29 is 105 Å².